The average Bonchev–Trinajstić information content (AvgIpc) is 2.45. The fourth-order valence-electron chi connectivity index (χ4n) is 2.23. The number of nitrogens with one attached hydrogen (secondary N) is 2. The van der Waals surface area contributed by atoms with E-state index in [1.165, 1.54) is 18.2 Å². The van der Waals surface area contributed by atoms with Gasteiger partial charge in [-0.1, -0.05) is 11.6 Å². The second-order valence-electron chi connectivity index (χ2n) is 4.84. The number of halogens is 1. The Morgan fingerprint density at radius 1 is 1.55 bits per heavy atom. The Balaban J connectivity index is 1.96. The maximum Gasteiger partial charge on any atom is 0.270 e. The summed E-state index contributed by atoms with van der Waals surface area (Å²) in [7, 11) is 0. The number of nitro benzene ring substituents is 1. The number of piperidine rings is 1. The lowest BCUT2D eigenvalue weighted by atomic mass is 9.99. The average molecular weight is 298 g/mol. The number of carbonyl (C=O) groups excluding carboxylic acids is 1. The lowest BCUT2D eigenvalue weighted by Crippen LogP contribution is -2.38. The molecule has 1 fully saturated rings. The highest BCUT2D eigenvalue weighted by atomic mass is 35.5. The minimum absolute atomic E-state index is 0.0958. The number of carbonyl (C=O) groups is 1. The van der Waals surface area contributed by atoms with Gasteiger partial charge in [0.15, 0.2) is 0 Å². The molecule has 108 valence electrons. The van der Waals surface area contributed by atoms with Gasteiger partial charge in [-0.25, -0.2) is 0 Å². The second-order valence-corrected chi connectivity index (χ2v) is 5.25. The molecule has 1 amide bonds. The molecule has 1 aliphatic rings. The molecule has 1 aromatic rings. The van der Waals surface area contributed by atoms with Crippen molar-refractivity contribution in [2.75, 3.05) is 19.6 Å². The van der Waals surface area contributed by atoms with Crippen molar-refractivity contribution in [2.45, 2.75) is 12.8 Å². The van der Waals surface area contributed by atoms with Crippen molar-refractivity contribution in [3.63, 3.8) is 0 Å². The Morgan fingerprint density at radius 2 is 2.35 bits per heavy atom. The molecule has 0 radical (unpaired) electrons. The Bertz CT molecular complexity index is 516. The molecule has 0 bridgehead atoms. The molecule has 1 unspecified atom stereocenters. The van der Waals surface area contributed by atoms with Crippen molar-refractivity contribution in [3.05, 3.63) is 38.9 Å². The van der Waals surface area contributed by atoms with Crippen LogP contribution in [0, 0.1) is 16.0 Å². The van der Waals surface area contributed by atoms with Gasteiger partial charge in [0.2, 0.25) is 0 Å². The van der Waals surface area contributed by atoms with Gasteiger partial charge in [0, 0.05) is 18.7 Å². The molecule has 1 atom stereocenters. The van der Waals surface area contributed by atoms with E-state index >= 15 is 0 Å². The zero-order valence-electron chi connectivity index (χ0n) is 10.9. The third kappa shape index (κ3) is 3.68. The number of non-ortho nitro benzene ring substituents is 1. The number of hydrogen-bond acceptors (Lipinski definition) is 4. The summed E-state index contributed by atoms with van der Waals surface area (Å²) < 4.78 is 0. The highest BCUT2D eigenvalue weighted by molar-refractivity contribution is 6.34. The van der Waals surface area contributed by atoms with Crippen LogP contribution in [0.4, 0.5) is 5.69 Å². The summed E-state index contributed by atoms with van der Waals surface area (Å²) in [4.78, 5) is 22.1. The predicted octanol–water partition coefficient (Wildman–Crippen LogP) is 1.98. The van der Waals surface area contributed by atoms with E-state index in [9.17, 15) is 14.9 Å². The molecular weight excluding hydrogens is 282 g/mol. The molecular formula is C13H16ClN3O3. The first-order chi connectivity index (χ1) is 9.58. The summed E-state index contributed by atoms with van der Waals surface area (Å²) in [6, 6.07) is 3.86. The fourth-order valence-corrected chi connectivity index (χ4v) is 2.49. The third-order valence-corrected chi connectivity index (χ3v) is 3.67. The summed E-state index contributed by atoms with van der Waals surface area (Å²) in [5, 5.41) is 16.8. The molecule has 1 aromatic carbocycles. The van der Waals surface area contributed by atoms with E-state index in [1.807, 2.05) is 0 Å². The quantitative estimate of drug-likeness (QED) is 0.657. The van der Waals surface area contributed by atoms with E-state index < -0.39 is 4.92 Å². The maximum absolute atomic E-state index is 12.0. The molecule has 7 heteroatoms. The van der Waals surface area contributed by atoms with Gasteiger partial charge in [0.1, 0.15) is 0 Å². The fraction of sp³-hybridized carbons (Fsp3) is 0.462. The molecule has 1 heterocycles. The molecule has 1 saturated heterocycles. The molecule has 1 aliphatic heterocycles. The summed E-state index contributed by atoms with van der Waals surface area (Å²) >= 11 is 5.91. The van der Waals surface area contributed by atoms with Crippen molar-refractivity contribution < 1.29 is 9.72 Å². The second kappa shape index (κ2) is 6.67. The van der Waals surface area contributed by atoms with Gasteiger partial charge >= 0.3 is 0 Å². The van der Waals surface area contributed by atoms with E-state index in [4.69, 9.17) is 11.6 Å². The van der Waals surface area contributed by atoms with Gasteiger partial charge in [0.05, 0.1) is 15.5 Å². The number of rotatable bonds is 4. The molecule has 20 heavy (non-hydrogen) atoms. The monoisotopic (exact) mass is 297 g/mol. The van der Waals surface area contributed by atoms with Gasteiger partial charge in [-0.15, -0.1) is 0 Å². The Labute approximate surface area is 121 Å². The number of benzene rings is 1. The molecule has 6 nitrogen and oxygen atoms in total. The largest absolute Gasteiger partial charge is 0.352 e. The minimum Gasteiger partial charge on any atom is -0.352 e. The third-order valence-electron chi connectivity index (χ3n) is 3.36. The first-order valence-electron chi connectivity index (χ1n) is 6.51. The predicted molar refractivity (Wildman–Crippen MR) is 76.0 cm³/mol. The maximum atomic E-state index is 12.0. The Kier molecular flexibility index (Phi) is 4.92. The number of amides is 1. The minimum atomic E-state index is -0.540. The molecule has 2 N–H and O–H groups in total. The van der Waals surface area contributed by atoms with Crippen LogP contribution in [0.25, 0.3) is 0 Å². The zero-order chi connectivity index (χ0) is 14.5. The number of hydrogen-bond donors (Lipinski definition) is 2. The topological polar surface area (TPSA) is 84.3 Å². The van der Waals surface area contributed by atoms with Crippen LogP contribution in [-0.2, 0) is 0 Å². The number of nitro groups is 1. The van der Waals surface area contributed by atoms with Crippen LogP contribution in [-0.4, -0.2) is 30.5 Å². The van der Waals surface area contributed by atoms with Gasteiger partial charge in [0.25, 0.3) is 11.6 Å². The van der Waals surface area contributed by atoms with Gasteiger partial charge in [-0.05, 0) is 37.9 Å². The highest BCUT2D eigenvalue weighted by Gasteiger charge is 2.17. The molecule has 2 rings (SSSR count). The lowest BCUT2D eigenvalue weighted by Gasteiger charge is -2.22. The van der Waals surface area contributed by atoms with Crippen LogP contribution in [0.5, 0.6) is 0 Å². The van der Waals surface area contributed by atoms with Crippen molar-refractivity contribution in [3.8, 4) is 0 Å². The molecule has 0 spiro atoms. The Morgan fingerprint density at radius 3 is 2.95 bits per heavy atom. The van der Waals surface area contributed by atoms with Gasteiger partial charge < -0.3 is 10.6 Å². The van der Waals surface area contributed by atoms with E-state index in [0.717, 1.165) is 25.9 Å². The highest BCUT2D eigenvalue weighted by Crippen LogP contribution is 2.22. The summed E-state index contributed by atoms with van der Waals surface area (Å²) in [6.07, 6.45) is 2.19. The standard InChI is InChI=1S/C13H16ClN3O3/c14-12-6-10(17(19)20)3-4-11(12)13(18)16-8-9-2-1-5-15-7-9/h3-4,6,9,15H,1-2,5,7-8H2,(H,16,18). The van der Waals surface area contributed by atoms with E-state index in [2.05, 4.69) is 10.6 Å². The van der Waals surface area contributed by atoms with Crippen LogP contribution in [0.15, 0.2) is 18.2 Å². The SMILES string of the molecule is O=C(NCC1CCCNC1)c1ccc([N+](=O)[O-])cc1Cl. The summed E-state index contributed by atoms with van der Waals surface area (Å²) in [6.45, 7) is 2.51. The van der Waals surface area contributed by atoms with Crippen LogP contribution in [0.3, 0.4) is 0 Å². The van der Waals surface area contributed by atoms with Crippen molar-refractivity contribution >= 4 is 23.2 Å². The van der Waals surface area contributed by atoms with E-state index in [-0.39, 0.29) is 22.2 Å². The normalized spacial score (nSPS) is 18.6. The Hall–Kier alpha value is -1.66. The van der Waals surface area contributed by atoms with E-state index in [1.54, 1.807) is 0 Å². The van der Waals surface area contributed by atoms with Crippen molar-refractivity contribution in [2.24, 2.45) is 5.92 Å². The smallest absolute Gasteiger partial charge is 0.270 e. The van der Waals surface area contributed by atoms with Crippen LogP contribution in [0.2, 0.25) is 5.02 Å². The lowest BCUT2D eigenvalue weighted by molar-refractivity contribution is -0.384. The summed E-state index contributed by atoms with van der Waals surface area (Å²) in [5.74, 6) is 0.125. The van der Waals surface area contributed by atoms with Gasteiger partial charge in [-0.3, -0.25) is 14.9 Å². The van der Waals surface area contributed by atoms with E-state index in [0.29, 0.717) is 12.5 Å². The van der Waals surface area contributed by atoms with Crippen LogP contribution < -0.4 is 10.6 Å². The van der Waals surface area contributed by atoms with Crippen molar-refractivity contribution in [1.29, 1.82) is 0 Å². The number of nitrogens with zero attached hydrogens (tertiary/aromatic N) is 1. The molecule has 0 aliphatic carbocycles. The first-order valence-corrected chi connectivity index (χ1v) is 6.88. The van der Waals surface area contributed by atoms with Crippen molar-refractivity contribution in [1.82, 2.24) is 10.6 Å². The summed E-state index contributed by atoms with van der Waals surface area (Å²) in [5.41, 5.74) is 0.143. The van der Waals surface area contributed by atoms with Crippen LogP contribution >= 0.6 is 11.6 Å². The van der Waals surface area contributed by atoms with Gasteiger partial charge in [-0.2, -0.15) is 0 Å². The molecule has 0 aromatic heterocycles. The van der Waals surface area contributed by atoms with Crippen LogP contribution in [0.1, 0.15) is 23.2 Å². The molecule has 0 saturated carbocycles. The first kappa shape index (κ1) is 14.7. The zero-order valence-corrected chi connectivity index (χ0v) is 11.7.